The summed E-state index contributed by atoms with van der Waals surface area (Å²) in [7, 11) is 0. The summed E-state index contributed by atoms with van der Waals surface area (Å²) in [5, 5.41) is 3.23. The summed E-state index contributed by atoms with van der Waals surface area (Å²) in [6.45, 7) is 0.847. The minimum Gasteiger partial charge on any atom is -0.365 e. The van der Waals surface area contributed by atoms with Crippen molar-refractivity contribution < 1.29 is 0 Å². The van der Waals surface area contributed by atoms with E-state index in [2.05, 4.69) is 33.6 Å². The van der Waals surface area contributed by atoms with Crippen molar-refractivity contribution in [1.29, 1.82) is 0 Å². The summed E-state index contributed by atoms with van der Waals surface area (Å²) in [4.78, 5) is 0. The quantitative estimate of drug-likeness (QED) is 0.644. The summed E-state index contributed by atoms with van der Waals surface area (Å²) in [5.41, 5.74) is 2.40. The highest BCUT2D eigenvalue weighted by Gasteiger charge is 2.13. The lowest BCUT2D eigenvalue weighted by Crippen LogP contribution is -2.08. The normalized spacial score (nSPS) is 14.7. The molecule has 1 N–H and O–H groups in total. The molecule has 0 saturated heterocycles. The number of anilines is 2. The molecule has 0 radical (unpaired) electrons. The van der Waals surface area contributed by atoms with Crippen molar-refractivity contribution in [2.24, 2.45) is 0 Å². The van der Waals surface area contributed by atoms with Crippen LogP contribution in [0, 0.1) is 0 Å². The van der Waals surface area contributed by atoms with Gasteiger partial charge in [0.15, 0.2) is 0 Å². The molecule has 0 aromatic heterocycles. The maximum atomic E-state index is 3.41. The number of halogens is 1. The Bertz CT molecular complexity index is 249. The monoisotopic (exact) mass is 198 g/mol. The van der Waals surface area contributed by atoms with E-state index in [-0.39, 0.29) is 0 Å². The third kappa shape index (κ3) is 0.778. The number of nitrogens with one attached hydrogen (secondary N) is 1. The molecule has 0 saturated carbocycles. The number of rotatable bonds is 0. The van der Waals surface area contributed by atoms with E-state index >= 15 is 0 Å². The molecule has 0 fully saturated rings. The van der Waals surface area contributed by atoms with Gasteiger partial charge in [0.25, 0.3) is 0 Å². The molecular formula is C7H7BrN2. The lowest BCUT2D eigenvalue weighted by atomic mass is 10.3. The second-order valence-corrected chi connectivity index (χ2v) is 3.07. The van der Waals surface area contributed by atoms with Crippen LogP contribution in [-0.4, -0.2) is 6.67 Å². The summed E-state index contributed by atoms with van der Waals surface area (Å²) in [6.07, 6.45) is 0. The van der Waals surface area contributed by atoms with Gasteiger partial charge in [-0.05, 0) is 12.1 Å². The van der Waals surface area contributed by atoms with Gasteiger partial charge in [0.1, 0.15) is 0 Å². The average molecular weight is 199 g/mol. The van der Waals surface area contributed by atoms with E-state index in [1.165, 1.54) is 11.4 Å². The summed E-state index contributed by atoms with van der Waals surface area (Å²) in [5.74, 6) is 0. The molecule has 10 heavy (non-hydrogen) atoms. The first-order valence-corrected chi connectivity index (χ1v) is 3.85. The SMILES string of the molecule is BrN1CNc2ccccc21. The van der Waals surface area contributed by atoms with Crippen molar-refractivity contribution in [2.45, 2.75) is 0 Å². The van der Waals surface area contributed by atoms with Gasteiger partial charge in [-0.1, -0.05) is 12.1 Å². The molecule has 3 heteroatoms. The van der Waals surface area contributed by atoms with E-state index in [0.717, 1.165) is 6.67 Å². The highest BCUT2D eigenvalue weighted by Crippen LogP contribution is 2.32. The van der Waals surface area contributed by atoms with Gasteiger partial charge in [-0.3, -0.25) is 3.93 Å². The van der Waals surface area contributed by atoms with E-state index in [0.29, 0.717) is 0 Å². The molecule has 0 amide bonds. The van der Waals surface area contributed by atoms with Crippen LogP contribution in [0.3, 0.4) is 0 Å². The molecule has 1 aliphatic rings. The third-order valence-corrected chi connectivity index (χ3v) is 2.21. The smallest absolute Gasteiger partial charge is 0.0987 e. The van der Waals surface area contributed by atoms with Crippen molar-refractivity contribution in [3.8, 4) is 0 Å². The molecule has 1 aromatic rings. The van der Waals surface area contributed by atoms with Crippen LogP contribution in [0.15, 0.2) is 24.3 Å². The zero-order chi connectivity index (χ0) is 6.97. The molecule has 0 atom stereocenters. The number of para-hydroxylation sites is 2. The largest absolute Gasteiger partial charge is 0.365 e. The first kappa shape index (κ1) is 6.04. The van der Waals surface area contributed by atoms with Crippen LogP contribution in [-0.2, 0) is 0 Å². The Balaban J connectivity index is 2.51. The molecule has 0 aliphatic carbocycles. The Morgan fingerprint density at radius 1 is 1.40 bits per heavy atom. The second-order valence-electron chi connectivity index (χ2n) is 2.21. The van der Waals surface area contributed by atoms with Gasteiger partial charge in [0, 0.05) is 0 Å². The first-order chi connectivity index (χ1) is 4.88. The zero-order valence-corrected chi connectivity index (χ0v) is 6.93. The highest BCUT2D eigenvalue weighted by molar-refractivity contribution is 9.10. The van der Waals surface area contributed by atoms with Crippen LogP contribution < -0.4 is 9.24 Å². The second kappa shape index (κ2) is 2.16. The molecular weight excluding hydrogens is 192 g/mol. The van der Waals surface area contributed by atoms with Crippen LogP contribution in [0.1, 0.15) is 0 Å². The predicted octanol–water partition coefficient (Wildman–Crippen LogP) is 2.19. The van der Waals surface area contributed by atoms with Crippen molar-refractivity contribution in [1.82, 2.24) is 0 Å². The van der Waals surface area contributed by atoms with E-state index in [1.54, 1.807) is 0 Å². The fourth-order valence-electron chi connectivity index (χ4n) is 1.07. The lowest BCUT2D eigenvalue weighted by molar-refractivity contribution is 1.22. The predicted molar refractivity (Wildman–Crippen MR) is 46.3 cm³/mol. The van der Waals surface area contributed by atoms with Crippen LogP contribution in [0.4, 0.5) is 11.4 Å². The van der Waals surface area contributed by atoms with Gasteiger partial charge >= 0.3 is 0 Å². The first-order valence-electron chi connectivity index (χ1n) is 3.14. The number of hydrogen-bond donors (Lipinski definition) is 1. The molecule has 2 rings (SSSR count). The summed E-state index contributed by atoms with van der Waals surface area (Å²) < 4.78 is 2.00. The fraction of sp³-hybridized carbons (Fsp3) is 0.143. The maximum Gasteiger partial charge on any atom is 0.0987 e. The minimum atomic E-state index is 0.847. The van der Waals surface area contributed by atoms with Crippen LogP contribution in [0.5, 0.6) is 0 Å². The Morgan fingerprint density at radius 2 is 2.20 bits per heavy atom. The Labute approximate surface area is 68.2 Å². The number of nitrogens with zero attached hydrogens (tertiary/aromatic N) is 1. The van der Waals surface area contributed by atoms with Gasteiger partial charge in [-0.2, -0.15) is 0 Å². The number of hydrogen-bond acceptors (Lipinski definition) is 2. The topological polar surface area (TPSA) is 15.3 Å². The molecule has 0 unspecified atom stereocenters. The molecule has 1 heterocycles. The van der Waals surface area contributed by atoms with Gasteiger partial charge in [-0.15, -0.1) is 0 Å². The van der Waals surface area contributed by atoms with Gasteiger partial charge < -0.3 is 5.32 Å². The number of fused-ring (bicyclic) bond motifs is 1. The van der Waals surface area contributed by atoms with Crippen molar-refractivity contribution >= 4 is 27.5 Å². The van der Waals surface area contributed by atoms with Gasteiger partial charge in [0.2, 0.25) is 0 Å². The molecule has 1 aromatic carbocycles. The van der Waals surface area contributed by atoms with E-state index in [1.807, 2.05) is 16.1 Å². The minimum absolute atomic E-state index is 0.847. The van der Waals surface area contributed by atoms with Crippen molar-refractivity contribution in [2.75, 3.05) is 15.9 Å². The fourth-order valence-corrected chi connectivity index (χ4v) is 1.51. The van der Waals surface area contributed by atoms with E-state index in [4.69, 9.17) is 0 Å². The molecule has 0 bridgehead atoms. The molecule has 0 spiro atoms. The van der Waals surface area contributed by atoms with Crippen molar-refractivity contribution in [3.63, 3.8) is 0 Å². The maximum absolute atomic E-state index is 3.41. The Hall–Kier alpha value is -0.700. The van der Waals surface area contributed by atoms with Gasteiger partial charge in [-0.25, -0.2) is 0 Å². The summed E-state index contributed by atoms with van der Waals surface area (Å²) in [6, 6.07) is 8.19. The van der Waals surface area contributed by atoms with Crippen LogP contribution in [0.2, 0.25) is 0 Å². The molecule has 2 nitrogen and oxygen atoms in total. The van der Waals surface area contributed by atoms with E-state index in [9.17, 15) is 0 Å². The molecule has 52 valence electrons. The summed E-state index contributed by atoms with van der Waals surface area (Å²) >= 11 is 3.41. The highest BCUT2D eigenvalue weighted by atomic mass is 79.9. The third-order valence-electron chi connectivity index (χ3n) is 1.57. The molecule has 1 aliphatic heterocycles. The lowest BCUT2D eigenvalue weighted by Gasteiger charge is -2.04. The van der Waals surface area contributed by atoms with Gasteiger partial charge in [0.05, 0.1) is 34.2 Å². The van der Waals surface area contributed by atoms with Crippen molar-refractivity contribution in [3.05, 3.63) is 24.3 Å². The van der Waals surface area contributed by atoms with Crippen LogP contribution in [0.25, 0.3) is 0 Å². The average Bonchev–Trinajstić information content (AvgIpc) is 2.34. The number of benzene rings is 1. The van der Waals surface area contributed by atoms with E-state index < -0.39 is 0 Å². The van der Waals surface area contributed by atoms with Crippen LogP contribution >= 0.6 is 16.1 Å². The standard InChI is InChI=1S/C7H7BrN2/c8-10-5-9-6-3-1-2-4-7(6)10/h1-4,9H,5H2. The Morgan fingerprint density at radius 3 is 3.00 bits per heavy atom. The zero-order valence-electron chi connectivity index (χ0n) is 5.34. The Kier molecular flexibility index (Phi) is 1.31.